The number of pyridine rings is 1. The quantitative estimate of drug-likeness (QED) is 0.249. The molecule has 0 aliphatic carbocycles. The van der Waals surface area contributed by atoms with Crippen molar-refractivity contribution in [2.24, 2.45) is 0 Å². The molecule has 5 aromatic rings. The van der Waals surface area contributed by atoms with Gasteiger partial charge in [0.05, 0.1) is 0 Å². The third kappa shape index (κ3) is 3.38. The van der Waals surface area contributed by atoms with Crippen molar-refractivity contribution in [1.29, 1.82) is 0 Å². The SMILES string of the molecule is CC(C)(C)c1cc(-c2nccc3c2oc2[c]([Ge]([CH3])([CH3])[CH3])cccc23)cc2ccccc12. The zero-order valence-corrected chi connectivity index (χ0v) is 21.3. The molecule has 0 N–H and O–H groups in total. The molecular formula is C28H29GeNO. The van der Waals surface area contributed by atoms with E-state index < -0.39 is 13.3 Å². The van der Waals surface area contributed by atoms with Crippen LogP contribution in [0.5, 0.6) is 0 Å². The maximum atomic E-state index is 6.62. The van der Waals surface area contributed by atoms with Crippen molar-refractivity contribution in [3.05, 3.63) is 72.4 Å². The van der Waals surface area contributed by atoms with Gasteiger partial charge in [-0.1, -0.05) is 0 Å². The normalized spacial score (nSPS) is 12.8. The van der Waals surface area contributed by atoms with Crippen molar-refractivity contribution in [3.63, 3.8) is 0 Å². The van der Waals surface area contributed by atoms with Crippen molar-refractivity contribution in [2.45, 2.75) is 43.5 Å². The Morgan fingerprint density at radius 1 is 0.774 bits per heavy atom. The third-order valence-electron chi connectivity index (χ3n) is 6.17. The van der Waals surface area contributed by atoms with Crippen LogP contribution in [0.15, 0.2) is 71.3 Å². The number of para-hydroxylation sites is 1. The average Bonchev–Trinajstić information content (AvgIpc) is 3.10. The molecule has 2 heterocycles. The molecule has 3 heteroatoms. The molecule has 0 aliphatic heterocycles. The molecule has 0 bridgehead atoms. The van der Waals surface area contributed by atoms with E-state index in [0.29, 0.717) is 0 Å². The van der Waals surface area contributed by atoms with Gasteiger partial charge in [-0.15, -0.1) is 0 Å². The first-order chi connectivity index (χ1) is 14.6. The molecule has 0 unspecified atom stereocenters. The van der Waals surface area contributed by atoms with Crippen LogP contribution in [-0.4, -0.2) is 18.3 Å². The molecular weight excluding hydrogens is 439 g/mol. The molecule has 31 heavy (non-hydrogen) atoms. The van der Waals surface area contributed by atoms with E-state index in [1.807, 2.05) is 6.20 Å². The standard InChI is InChI=1S/C28H29GeNO/c1-28(2,3)23-17-19(16-18-10-7-8-11-20(18)23)25-27-22(14-15-30-25)21-12-9-13-24(26(21)31-27)29(4,5)6/h7-17H,1-6H3. The summed E-state index contributed by atoms with van der Waals surface area (Å²) in [5.41, 5.74) is 5.36. The van der Waals surface area contributed by atoms with E-state index >= 15 is 0 Å². The molecule has 0 amide bonds. The number of furan rings is 1. The maximum absolute atomic E-state index is 6.62. The van der Waals surface area contributed by atoms with Crippen molar-refractivity contribution in [3.8, 4) is 11.3 Å². The molecule has 3 aromatic carbocycles. The van der Waals surface area contributed by atoms with Gasteiger partial charge < -0.3 is 0 Å². The Labute approximate surface area is 186 Å². The Balaban J connectivity index is 1.85. The summed E-state index contributed by atoms with van der Waals surface area (Å²) >= 11 is -2.08. The van der Waals surface area contributed by atoms with Gasteiger partial charge in [0.15, 0.2) is 0 Å². The predicted molar refractivity (Wildman–Crippen MR) is 136 cm³/mol. The van der Waals surface area contributed by atoms with Gasteiger partial charge in [0, 0.05) is 0 Å². The molecule has 156 valence electrons. The van der Waals surface area contributed by atoms with Gasteiger partial charge >= 0.3 is 187 Å². The number of hydrogen-bond donors (Lipinski definition) is 0. The minimum atomic E-state index is -2.08. The van der Waals surface area contributed by atoms with Crippen LogP contribution in [0.1, 0.15) is 26.3 Å². The van der Waals surface area contributed by atoms with E-state index in [-0.39, 0.29) is 5.41 Å². The summed E-state index contributed by atoms with van der Waals surface area (Å²) in [6.07, 6.45) is 1.92. The topological polar surface area (TPSA) is 26.0 Å². The van der Waals surface area contributed by atoms with Crippen LogP contribution in [-0.2, 0) is 5.41 Å². The number of aromatic nitrogens is 1. The summed E-state index contributed by atoms with van der Waals surface area (Å²) < 4.78 is 8.03. The Bertz CT molecular complexity index is 1450. The zero-order valence-electron chi connectivity index (χ0n) is 19.2. The number of nitrogens with zero attached hydrogens (tertiary/aromatic N) is 1. The summed E-state index contributed by atoms with van der Waals surface area (Å²) in [7, 11) is 0. The van der Waals surface area contributed by atoms with Crippen molar-refractivity contribution < 1.29 is 4.42 Å². The summed E-state index contributed by atoms with van der Waals surface area (Å²) in [6, 6.07) is 21.9. The van der Waals surface area contributed by atoms with Gasteiger partial charge in [-0.2, -0.15) is 0 Å². The molecule has 0 radical (unpaired) electrons. The van der Waals surface area contributed by atoms with Crippen LogP contribution < -0.4 is 4.40 Å². The molecule has 2 aromatic heterocycles. The van der Waals surface area contributed by atoms with Crippen molar-refractivity contribution in [2.75, 3.05) is 0 Å². The van der Waals surface area contributed by atoms with Gasteiger partial charge in [-0.3, -0.25) is 0 Å². The van der Waals surface area contributed by atoms with Crippen molar-refractivity contribution in [1.82, 2.24) is 4.98 Å². The van der Waals surface area contributed by atoms with Crippen LogP contribution in [0.25, 0.3) is 44.0 Å². The number of benzene rings is 3. The minimum absolute atomic E-state index is 0.0321. The average molecular weight is 468 g/mol. The van der Waals surface area contributed by atoms with Crippen LogP contribution in [0, 0.1) is 0 Å². The predicted octanol–water partition coefficient (Wildman–Crippen LogP) is 7.64. The van der Waals surface area contributed by atoms with Gasteiger partial charge in [0.1, 0.15) is 0 Å². The summed E-state index contributed by atoms with van der Waals surface area (Å²) in [4.78, 5) is 4.82. The van der Waals surface area contributed by atoms with E-state index in [1.165, 1.54) is 26.1 Å². The molecule has 0 atom stereocenters. The second-order valence-electron chi connectivity index (χ2n) is 10.6. The zero-order chi connectivity index (χ0) is 22.0. The van der Waals surface area contributed by atoms with E-state index in [0.717, 1.165) is 27.8 Å². The van der Waals surface area contributed by atoms with Gasteiger partial charge in [-0.25, -0.2) is 0 Å². The fourth-order valence-corrected chi connectivity index (χ4v) is 7.66. The Morgan fingerprint density at radius 2 is 1.48 bits per heavy atom. The first-order valence-electron chi connectivity index (χ1n) is 11.0. The summed E-state index contributed by atoms with van der Waals surface area (Å²) in [5, 5.41) is 4.90. The van der Waals surface area contributed by atoms with Crippen LogP contribution in [0.3, 0.4) is 0 Å². The molecule has 0 saturated carbocycles. The molecule has 0 saturated heterocycles. The Morgan fingerprint density at radius 3 is 2.23 bits per heavy atom. The molecule has 0 spiro atoms. The number of hydrogen-bond acceptors (Lipinski definition) is 2. The molecule has 5 rings (SSSR count). The fraction of sp³-hybridized carbons (Fsp3) is 0.250. The van der Waals surface area contributed by atoms with E-state index in [9.17, 15) is 0 Å². The van der Waals surface area contributed by atoms with Gasteiger partial charge in [-0.05, 0) is 0 Å². The molecule has 0 fully saturated rings. The first-order valence-corrected chi connectivity index (χ1v) is 18.3. The number of rotatable bonds is 2. The molecule has 2 nitrogen and oxygen atoms in total. The third-order valence-corrected chi connectivity index (χ3v) is 10.4. The van der Waals surface area contributed by atoms with Crippen LogP contribution in [0.2, 0.25) is 17.3 Å². The van der Waals surface area contributed by atoms with Gasteiger partial charge in [0.2, 0.25) is 0 Å². The van der Waals surface area contributed by atoms with Crippen LogP contribution in [0.4, 0.5) is 0 Å². The Kier molecular flexibility index (Phi) is 4.56. The van der Waals surface area contributed by atoms with Crippen LogP contribution >= 0.6 is 0 Å². The summed E-state index contributed by atoms with van der Waals surface area (Å²) in [5.74, 6) is 7.25. The molecule has 0 aliphatic rings. The van der Waals surface area contributed by atoms with E-state index in [1.54, 1.807) is 0 Å². The second-order valence-corrected chi connectivity index (χ2v) is 21.1. The summed E-state index contributed by atoms with van der Waals surface area (Å²) in [6.45, 7) is 6.82. The Hall–Kier alpha value is -2.59. The number of fused-ring (bicyclic) bond motifs is 4. The first kappa shape index (κ1) is 20.3. The van der Waals surface area contributed by atoms with Gasteiger partial charge in [0.25, 0.3) is 0 Å². The fourth-order valence-electron chi connectivity index (χ4n) is 4.59. The van der Waals surface area contributed by atoms with E-state index in [2.05, 4.69) is 98.7 Å². The van der Waals surface area contributed by atoms with Crippen molar-refractivity contribution >= 4 is 50.4 Å². The monoisotopic (exact) mass is 469 g/mol. The van der Waals surface area contributed by atoms with E-state index in [4.69, 9.17) is 9.40 Å². The second kappa shape index (κ2) is 6.96.